The lowest BCUT2D eigenvalue weighted by molar-refractivity contribution is 0.979. The van der Waals surface area contributed by atoms with Gasteiger partial charge in [0.1, 0.15) is 5.52 Å². The largest absolute Gasteiger partial charge is 0.370 e. The molecule has 2 aromatic rings. The summed E-state index contributed by atoms with van der Waals surface area (Å²) in [6.07, 6.45) is 6.34. The molecule has 1 aliphatic rings. The molecule has 1 saturated heterocycles. The third kappa shape index (κ3) is 2.47. The quantitative estimate of drug-likeness (QED) is 0.758. The van der Waals surface area contributed by atoms with E-state index >= 15 is 0 Å². The van der Waals surface area contributed by atoms with E-state index < -0.39 is 16.3 Å². The van der Waals surface area contributed by atoms with Crippen LogP contribution in [-0.2, 0) is 0 Å². The van der Waals surface area contributed by atoms with Crippen molar-refractivity contribution in [2.75, 3.05) is 10.7 Å². The van der Waals surface area contributed by atoms with Crippen molar-refractivity contribution in [3.63, 3.8) is 0 Å². The second-order valence-electron chi connectivity index (χ2n) is 7.00. The maximum atomic E-state index is 4.66. The van der Waals surface area contributed by atoms with Gasteiger partial charge in [-0.3, -0.25) is 0 Å². The van der Waals surface area contributed by atoms with Gasteiger partial charge in [-0.2, -0.15) is 4.98 Å². The Morgan fingerprint density at radius 2 is 1.75 bits per heavy atom. The second-order valence-corrected chi connectivity index (χ2v) is 16.8. The molecule has 5 nitrogen and oxygen atoms in total. The summed E-state index contributed by atoms with van der Waals surface area (Å²) in [7, 11) is -2.59. The lowest BCUT2D eigenvalue weighted by Crippen LogP contribution is -2.61. The predicted octanol–water partition coefficient (Wildman–Crippen LogP) is 2.69. The summed E-state index contributed by atoms with van der Waals surface area (Å²) in [4.78, 5) is 17.8. The SMILES string of the molecule is C[Si]1(C)CC[Si](C)(C)N(c2ncc3nccnc3n2)C1. The van der Waals surface area contributed by atoms with Crippen LogP contribution in [0.3, 0.4) is 0 Å². The Kier molecular flexibility index (Phi) is 3.13. The molecular weight excluding hydrogens is 282 g/mol. The lowest BCUT2D eigenvalue weighted by atomic mass is 10.5. The number of hydrogen-bond donors (Lipinski definition) is 0. The van der Waals surface area contributed by atoms with Crippen LogP contribution in [0.25, 0.3) is 11.2 Å². The third-order valence-electron chi connectivity index (χ3n) is 4.19. The molecule has 0 aromatic carbocycles. The van der Waals surface area contributed by atoms with Crippen LogP contribution in [0.4, 0.5) is 5.95 Å². The van der Waals surface area contributed by atoms with E-state index in [1.807, 2.05) is 0 Å². The molecule has 0 radical (unpaired) electrons. The van der Waals surface area contributed by atoms with E-state index in [2.05, 4.69) is 50.7 Å². The highest BCUT2D eigenvalue weighted by atomic mass is 28.3. The fourth-order valence-corrected chi connectivity index (χ4v) is 13.0. The van der Waals surface area contributed by atoms with Crippen molar-refractivity contribution in [3.8, 4) is 0 Å². The van der Waals surface area contributed by atoms with Crippen LogP contribution in [0.5, 0.6) is 0 Å². The highest BCUT2D eigenvalue weighted by Gasteiger charge is 2.42. The lowest BCUT2D eigenvalue weighted by Gasteiger charge is -2.47. The van der Waals surface area contributed by atoms with Gasteiger partial charge in [-0.05, 0) is 6.04 Å². The molecule has 7 heteroatoms. The van der Waals surface area contributed by atoms with Crippen LogP contribution >= 0.6 is 0 Å². The Balaban J connectivity index is 2.03. The molecule has 0 amide bonds. The number of rotatable bonds is 1. The van der Waals surface area contributed by atoms with Gasteiger partial charge >= 0.3 is 0 Å². The molecule has 20 heavy (non-hydrogen) atoms. The zero-order valence-electron chi connectivity index (χ0n) is 12.6. The van der Waals surface area contributed by atoms with Gasteiger partial charge in [0.15, 0.2) is 13.9 Å². The number of aromatic nitrogens is 4. The van der Waals surface area contributed by atoms with Crippen molar-refractivity contribution in [1.82, 2.24) is 19.9 Å². The highest BCUT2D eigenvalue weighted by molar-refractivity contribution is 6.89. The summed E-state index contributed by atoms with van der Waals surface area (Å²) >= 11 is 0. The molecule has 1 aliphatic heterocycles. The smallest absolute Gasteiger partial charge is 0.219 e. The van der Waals surface area contributed by atoms with E-state index in [1.165, 1.54) is 12.1 Å². The number of anilines is 1. The summed E-state index contributed by atoms with van der Waals surface area (Å²) in [5.41, 5.74) is 1.47. The first-order valence-electron chi connectivity index (χ1n) is 7.09. The Labute approximate surface area is 121 Å². The maximum Gasteiger partial charge on any atom is 0.219 e. The average molecular weight is 304 g/mol. The summed E-state index contributed by atoms with van der Waals surface area (Å²) in [6, 6.07) is 2.77. The van der Waals surface area contributed by atoms with Gasteiger partial charge in [-0.15, -0.1) is 0 Å². The van der Waals surface area contributed by atoms with Crippen molar-refractivity contribution < 1.29 is 0 Å². The second kappa shape index (κ2) is 4.59. The first-order valence-corrected chi connectivity index (χ1v) is 13.7. The van der Waals surface area contributed by atoms with Gasteiger partial charge in [0.05, 0.1) is 14.3 Å². The van der Waals surface area contributed by atoms with Crippen molar-refractivity contribution in [2.24, 2.45) is 0 Å². The van der Waals surface area contributed by atoms with E-state index in [9.17, 15) is 0 Å². The first-order chi connectivity index (χ1) is 9.37. The molecule has 3 heterocycles. The van der Waals surface area contributed by atoms with E-state index in [-0.39, 0.29) is 0 Å². The molecule has 0 atom stereocenters. The predicted molar refractivity (Wildman–Crippen MR) is 87.1 cm³/mol. The fraction of sp³-hybridized carbons (Fsp3) is 0.538. The van der Waals surface area contributed by atoms with Crippen LogP contribution in [-0.4, -0.2) is 42.4 Å². The van der Waals surface area contributed by atoms with Crippen LogP contribution in [0.15, 0.2) is 18.6 Å². The molecule has 1 fully saturated rings. The number of hydrogen-bond acceptors (Lipinski definition) is 5. The zero-order chi connectivity index (χ0) is 14.4. The molecule has 0 unspecified atom stereocenters. The Morgan fingerprint density at radius 3 is 2.55 bits per heavy atom. The summed E-state index contributed by atoms with van der Waals surface area (Å²) in [5, 5.41) is 0. The van der Waals surface area contributed by atoms with Gasteiger partial charge < -0.3 is 4.57 Å². The molecule has 0 spiro atoms. The average Bonchev–Trinajstić information content (AvgIpc) is 2.41. The normalized spacial score (nSPS) is 21.1. The maximum absolute atomic E-state index is 4.66. The van der Waals surface area contributed by atoms with E-state index in [0.29, 0.717) is 5.65 Å². The third-order valence-corrected chi connectivity index (χ3v) is 11.1. The fourth-order valence-electron chi connectivity index (χ4n) is 2.73. The molecule has 106 valence electrons. The highest BCUT2D eigenvalue weighted by Crippen LogP contribution is 2.33. The number of fused-ring (bicyclic) bond motifs is 1. The van der Waals surface area contributed by atoms with Gasteiger partial charge in [0, 0.05) is 18.6 Å². The van der Waals surface area contributed by atoms with Gasteiger partial charge in [-0.25, -0.2) is 15.0 Å². The van der Waals surface area contributed by atoms with Crippen molar-refractivity contribution in [2.45, 2.75) is 38.3 Å². The van der Waals surface area contributed by atoms with Gasteiger partial charge in [0.2, 0.25) is 5.95 Å². The van der Waals surface area contributed by atoms with Crippen LogP contribution in [0, 0.1) is 0 Å². The van der Waals surface area contributed by atoms with Crippen molar-refractivity contribution in [3.05, 3.63) is 18.6 Å². The van der Waals surface area contributed by atoms with Crippen LogP contribution in [0.1, 0.15) is 0 Å². The molecule has 0 aliphatic carbocycles. The van der Waals surface area contributed by atoms with Crippen LogP contribution < -0.4 is 4.57 Å². The minimum Gasteiger partial charge on any atom is -0.370 e. The van der Waals surface area contributed by atoms with Gasteiger partial charge in [0.25, 0.3) is 0 Å². The van der Waals surface area contributed by atoms with Crippen molar-refractivity contribution >= 4 is 33.4 Å². The number of nitrogens with zero attached hydrogens (tertiary/aromatic N) is 5. The topological polar surface area (TPSA) is 54.8 Å². The van der Waals surface area contributed by atoms with Crippen LogP contribution in [0.2, 0.25) is 38.3 Å². The Morgan fingerprint density at radius 1 is 1.00 bits per heavy atom. The minimum absolute atomic E-state index is 0.701. The van der Waals surface area contributed by atoms with E-state index in [0.717, 1.165) is 17.6 Å². The Bertz CT molecular complexity index is 643. The minimum atomic E-state index is -1.44. The Hall–Kier alpha value is -1.35. The molecule has 0 saturated carbocycles. The summed E-state index contributed by atoms with van der Waals surface area (Å²) < 4.78 is 2.51. The first kappa shape index (κ1) is 13.6. The van der Waals surface area contributed by atoms with Gasteiger partial charge in [-0.1, -0.05) is 32.2 Å². The molecular formula is C13H21N5Si2. The molecule has 3 rings (SSSR count). The zero-order valence-corrected chi connectivity index (χ0v) is 14.6. The van der Waals surface area contributed by atoms with E-state index in [1.54, 1.807) is 18.6 Å². The monoisotopic (exact) mass is 303 g/mol. The molecule has 2 aromatic heterocycles. The standard InChI is InChI=1S/C13H21N5Si2/c1-19(2)7-8-20(3,4)18(10-19)13-16-9-11-12(17-13)15-6-5-14-11/h5-6,9H,7-8,10H2,1-4H3. The molecule has 0 bridgehead atoms. The van der Waals surface area contributed by atoms with Crippen molar-refractivity contribution in [1.29, 1.82) is 0 Å². The summed E-state index contributed by atoms with van der Waals surface area (Å²) in [6.45, 7) is 9.76. The van der Waals surface area contributed by atoms with E-state index in [4.69, 9.17) is 0 Å². The summed E-state index contributed by atoms with van der Waals surface area (Å²) in [5.74, 6) is 0.856. The molecule has 0 N–H and O–H groups in total.